The molecule has 1 aromatic rings. The third-order valence-corrected chi connectivity index (χ3v) is 1.59. The van der Waals surface area contributed by atoms with Crippen LogP contribution in [0.2, 0.25) is 0 Å². The van der Waals surface area contributed by atoms with Crippen molar-refractivity contribution in [2.75, 3.05) is 7.11 Å². The Labute approximate surface area is 73.7 Å². The zero-order chi connectivity index (χ0) is 8.81. The summed E-state index contributed by atoms with van der Waals surface area (Å²) in [6, 6.07) is 7.93. The molecular weight excluding hydrogens is 148 g/mol. The number of benzene rings is 1. The second kappa shape index (κ2) is 4.60. The van der Waals surface area contributed by atoms with Gasteiger partial charge in [0.25, 0.3) is 0 Å². The van der Waals surface area contributed by atoms with Crippen molar-refractivity contribution in [2.45, 2.75) is 6.42 Å². The van der Waals surface area contributed by atoms with Gasteiger partial charge in [-0.1, -0.05) is 24.3 Å². The van der Waals surface area contributed by atoms with Crippen molar-refractivity contribution >= 4 is 6.08 Å². The molecule has 0 atom stereocenters. The Kier molecular flexibility index (Phi) is 3.39. The van der Waals surface area contributed by atoms with Crippen molar-refractivity contribution in [2.24, 2.45) is 0 Å². The molecule has 1 rings (SSSR count). The predicted octanol–water partition coefficient (Wildman–Crippen LogP) is 2.93. The van der Waals surface area contributed by atoms with Gasteiger partial charge in [0, 0.05) is 0 Å². The summed E-state index contributed by atoms with van der Waals surface area (Å²) < 4.78 is 5.04. The van der Waals surface area contributed by atoms with E-state index >= 15 is 0 Å². The summed E-state index contributed by atoms with van der Waals surface area (Å²) in [4.78, 5) is 0. The fourth-order valence-corrected chi connectivity index (χ4v) is 0.934. The summed E-state index contributed by atoms with van der Waals surface area (Å²) in [5.41, 5.74) is 1.18. The lowest BCUT2D eigenvalue weighted by molar-refractivity contribution is 0.415. The van der Waals surface area contributed by atoms with Gasteiger partial charge in [0.1, 0.15) is 5.75 Å². The molecule has 0 aliphatic rings. The van der Waals surface area contributed by atoms with E-state index in [2.05, 4.69) is 6.92 Å². The first-order valence-corrected chi connectivity index (χ1v) is 3.96. The molecule has 0 saturated heterocycles. The van der Waals surface area contributed by atoms with Crippen LogP contribution < -0.4 is 4.74 Å². The highest BCUT2D eigenvalue weighted by Crippen LogP contribution is 2.12. The maximum atomic E-state index is 5.04. The van der Waals surface area contributed by atoms with Crippen LogP contribution in [0.25, 0.3) is 6.08 Å². The van der Waals surface area contributed by atoms with Crippen molar-refractivity contribution in [3.8, 4) is 5.75 Å². The molecule has 1 heteroatoms. The van der Waals surface area contributed by atoms with Crippen LogP contribution in [0.15, 0.2) is 30.3 Å². The molecule has 0 unspecified atom stereocenters. The maximum Gasteiger partial charge on any atom is 0.118 e. The summed E-state index contributed by atoms with van der Waals surface area (Å²) in [6.45, 7) is 3.72. The minimum atomic E-state index is 0.825. The second-order valence-electron chi connectivity index (χ2n) is 2.46. The van der Waals surface area contributed by atoms with Gasteiger partial charge in [-0.05, 0) is 31.0 Å². The predicted molar refractivity (Wildman–Crippen MR) is 52.0 cm³/mol. The van der Waals surface area contributed by atoms with Crippen molar-refractivity contribution < 1.29 is 4.74 Å². The van der Waals surface area contributed by atoms with Crippen LogP contribution in [0.4, 0.5) is 0 Å². The molecule has 0 spiro atoms. The topological polar surface area (TPSA) is 9.23 Å². The van der Waals surface area contributed by atoms with E-state index in [-0.39, 0.29) is 0 Å². The average molecular weight is 161 g/mol. The van der Waals surface area contributed by atoms with Gasteiger partial charge < -0.3 is 4.74 Å². The lowest BCUT2D eigenvalue weighted by atomic mass is 10.2. The Morgan fingerprint density at radius 2 is 2.00 bits per heavy atom. The third-order valence-electron chi connectivity index (χ3n) is 1.59. The van der Waals surface area contributed by atoms with Crippen LogP contribution in [0, 0.1) is 6.92 Å². The van der Waals surface area contributed by atoms with E-state index in [0.717, 1.165) is 12.2 Å². The summed E-state index contributed by atoms with van der Waals surface area (Å²) in [6.07, 6.45) is 4.90. The molecule has 0 N–H and O–H groups in total. The van der Waals surface area contributed by atoms with Gasteiger partial charge in [-0.3, -0.25) is 0 Å². The summed E-state index contributed by atoms with van der Waals surface area (Å²) in [5.74, 6) is 0.891. The van der Waals surface area contributed by atoms with Gasteiger partial charge in [-0.25, -0.2) is 0 Å². The summed E-state index contributed by atoms with van der Waals surface area (Å²) >= 11 is 0. The van der Waals surface area contributed by atoms with Crippen molar-refractivity contribution in [3.05, 3.63) is 42.8 Å². The van der Waals surface area contributed by atoms with E-state index in [1.165, 1.54) is 5.56 Å². The quantitative estimate of drug-likeness (QED) is 0.662. The molecule has 0 fully saturated rings. The van der Waals surface area contributed by atoms with Crippen molar-refractivity contribution in [1.29, 1.82) is 0 Å². The molecular formula is C11H13O. The molecule has 63 valence electrons. The van der Waals surface area contributed by atoms with E-state index in [1.807, 2.05) is 36.4 Å². The molecule has 0 aliphatic heterocycles. The minimum Gasteiger partial charge on any atom is -0.497 e. The normalized spacial score (nSPS) is 10.5. The van der Waals surface area contributed by atoms with Crippen LogP contribution in [0.3, 0.4) is 0 Å². The fraction of sp³-hybridized carbons (Fsp3) is 0.182. The van der Waals surface area contributed by atoms with E-state index in [9.17, 15) is 0 Å². The highest BCUT2D eigenvalue weighted by Gasteiger charge is 1.88. The number of hydrogen-bond donors (Lipinski definition) is 0. The largest absolute Gasteiger partial charge is 0.497 e. The molecule has 12 heavy (non-hydrogen) atoms. The molecule has 0 amide bonds. The van der Waals surface area contributed by atoms with Crippen LogP contribution in [-0.2, 0) is 0 Å². The van der Waals surface area contributed by atoms with Gasteiger partial charge in [-0.2, -0.15) is 0 Å². The van der Waals surface area contributed by atoms with Crippen molar-refractivity contribution in [3.63, 3.8) is 0 Å². The van der Waals surface area contributed by atoms with Crippen LogP contribution in [0.1, 0.15) is 12.0 Å². The first-order chi connectivity index (χ1) is 5.86. The number of rotatable bonds is 3. The average Bonchev–Trinajstić information content (AvgIpc) is 2.15. The number of allylic oxidation sites excluding steroid dienone is 1. The first kappa shape index (κ1) is 8.85. The smallest absolute Gasteiger partial charge is 0.118 e. The molecule has 0 heterocycles. The lowest BCUT2D eigenvalue weighted by Crippen LogP contribution is -1.81. The van der Waals surface area contributed by atoms with Gasteiger partial charge in [-0.15, -0.1) is 0 Å². The lowest BCUT2D eigenvalue weighted by Gasteiger charge is -1.98. The highest BCUT2D eigenvalue weighted by molar-refractivity contribution is 5.50. The number of hydrogen-bond acceptors (Lipinski definition) is 1. The molecule has 1 aromatic carbocycles. The van der Waals surface area contributed by atoms with E-state index in [1.54, 1.807) is 7.11 Å². The summed E-state index contributed by atoms with van der Waals surface area (Å²) in [5, 5.41) is 0. The zero-order valence-electron chi connectivity index (χ0n) is 7.29. The Morgan fingerprint density at radius 3 is 2.50 bits per heavy atom. The van der Waals surface area contributed by atoms with Gasteiger partial charge in [0.15, 0.2) is 0 Å². The SMILES string of the molecule is [CH2]CC=Cc1ccc(OC)cc1. The molecule has 0 saturated carbocycles. The van der Waals surface area contributed by atoms with Crippen LogP contribution >= 0.6 is 0 Å². The minimum absolute atomic E-state index is 0.825. The number of ether oxygens (including phenoxy) is 1. The molecule has 0 aromatic heterocycles. The maximum absolute atomic E-state index is 5.04. The Hall–Kier alpha value is -1.24. The van der Waals surface area contributed by atoms with E-state index in [0.29, 0.717) is 0 Å². The fourth-order valence-electron chi connectivity index (χ4n) is 0.934. The van der Waals surface area contributed by atoms with Crippen LogP contribution in [0.5, 0.6) is 5.75 Å². The molecule has 0 aliphatic carbocycles. The van der Waals surface area contributed by atoms with Crippen LogP contribution in [-0.4, -0.2) is 7.11 Å². The van der Waals surface area contributed by atoms with E-state index < -0.39 is 0 Å². The Balaban J connectivity index is 2.71. The Morgan fingerprint density at radius 1 is 1.33 bits per heavy atom. The molecule has 0 bridgehead atoms. The standard InChI is InChI=1S/C11H13O/c1-3-4-5-10-6-8-11(12-2)9-7-10/h4-9H,1,3H2,2H3. The van der Waals surface area contributed by atoms with E-state index in [4.69, 9.17) is 4.74 Å². The Bertz CT molecular complexity index is 246. The monoisotopic (exact) mass is 161 g/mol. The van der Waals surface area contributed by atoms with Gasteiger partial charge in [0.2, 0.25) is 0 Å². The highest BCUT2D eigenvalue weighted by atomic mass is 16.5. The summed E-state index contributed by atoms with van der Waals surface area (Å²) in [7, 11) is 1.67. The number of methoxy groups -OCH3 is 1. The second-order valence-corrected chi connectivity index (χ2v) is 2.46. The third kappa shape index (κ3) is 2.42. The van der Waals surface area contributed by atoms with Crippen molar-refractivity contribution in [1.82, 2.24) is 0 Å². The molecule has 1 nitrogen and oxygen atoms in total. The first-order valence-electron chi connectivity index (χ1n) is 3.96. The molecule has 1 radical (unpaired) electrons. The zero-order valence-corrected chi connectivity index (χ0v) is 7.29. The van der Waals surface area contributed by atoms with Gasteiger partial charge in [0.05, 0.1) is 7.11 Å². The van der Waals surface area contributed by atoms with Gasteiger partial charge >= 0.3 is 0 Å².